The first-order valence-electron chi connectivity index (χ1n) is 8.91. The molecule has 0 amide bonds. The van der Waals surface area contributed by atoms with Gasteiger partial charge in [-0.3, -0.25) is 0 Å². The van der Waals surface area contributed by atoms with Crippen molar-refractivity contribution >= 4 is 21.9 Å². The molecular weight excluding hydrogens is 324 g/mol. The maximum Gasteiger partial charge on any atom is 0.336 e. The molecule has 0 radical (unpaired) electrons. The van der Waals surface area contributed by atoms with Crippen LogP contribution in [0.3, 0.4) is 0 Å². The Kier molecular flexibility index (Phi) is 4.35. The summed E-state index contributed by atoms with van der Waals surface area (Å²) in [6.45, 7) is 5.59. The van der Waals surface area contributed by atoms with Crippen LogP contribution in [-0.2, 0) is 13.0 Å². The maximum absolute atomic E-state index is 11.9. The van der Waals surface area contributed by atoms with Gasteiger partial charge in [0.05, 0.1) is 0 Å². The van der Waals surface area contributed by atoms with Crippen molar-refractivity contribution in [2.45, 2.75) is 26.8 Å². The number of rotatable bonds is 5. The van der Waals surface area contributed by atoms with E-state index in [1.807, 2.05) is 19.1 Å². The zero-order chi connectivity index (χ0) is 18.1. The average Bonchev–Trinajstić information content (AvgIpc) is 3.03. The molecule has 4 heteroatoms. The monoisotopic (exact) mass is 346 g/mol. The van der Waals surface area contributed by atoms with Crippen LogP contribution in [0.15, 0.2) is 57.9 Å². The van der Waals surface area contributed by atoms with Crippen molar-refractivity contribution in [3.63, 3.8) is 0 Å². The summed E-state index contributed by atoms with van der Waals surface area (Å²) in [4.78, 5) is 15.2. The largest absolute Gasteiger partial charge is 0.423 e. The van der Waals surface area contributed by atoms with Crippen LogP contribution in [0, 0.1) is 13.8 Å². The lowest BCUT2D eigenvalue weighted by molar-refractivity contribution is 0.556. The number of para-hydroxylation sites is 1. The molecule has 0 unspecified atom stereocenters. The Bertz CT molecular complexity index is 1140. The first kappa shape index (κ1) is 16.6. The molecule has 2 aromatic carbocycles. The van der Waals surface area contributed by atoms with E-state index < -0.39 is 0 Å². The van der Waals surface area contributed by atoms with Crippen molar-refractivity contribution in [2.24, 2.45) is 0 Å². The molecule has 0 aliphatic heterocycles. The first-order chi connectivity index (χ1) is 12.6. The van der Waals surface area contributed by atoms with Crippen LogP contribution < -0.4 is 10.9 Å². The van der Waals surface area contributed by atoms with Gasteiger partial charge in [-0.2, -0.15) is 0 Å². The molecule has 4 nitrogen and oxygen atoms in total. The maximum atomic E-state index is 11.9. The summed E-state index contributed by atoms with van der Waals surface area (Å²) in [5.41, 5.74) is 6.15. The molecule has 0 saturated heterocycles. The van der Waals surface area contributed by atoms with Crippen molar-refractivity contribution < 1.29 is 4.42 Å². The molecule has 4 rings (SSSR count). The summed E-state index contributed by atoms with van der Waals surface area (Å²) in [5, 5.41) is 5.74. The van der Waals surface area contributed by atoms with Gasteiger partial charge in [0, 0.05) is 35.1 Å². The van der Waals surface area contributed by atoms with Gasteiger partial charge >= 0.3 is 5.63 Å². The van der Waals surface area contributed by atoms with Crippen LogP contribution in [0.4, 0.5) is 0 Å². The molecule has 0 aliphatic carbocycles. The van der Waals surface area contributed by atoms with Gasteiger partial charge < -0.3 is 14.7 Å². The molecule has 0 spiro atoms. The Morgan fingerprint density at radius 3 is 2.69 bits per heavy atom. The van der Waals surface area contributed by atoms with Crippen molar-refractivity contribution in [1.29, 1.82) is 0 Å². The fourth-order valence-corrected chi connectivity index (χ4v) is 3.41. The highest BCUT2D eigenvalue weighted by Gasteiger charge is 2.08. The van der Waals surface area contributed by atoms with E-state index in [9.17, 15) is 4.79 Å². The number of hydrogen-bond donors (Lipinski definition) is 2. The Morgan fingerprint density at radius 2 is 1.81 bits per heavy atom. The van der Waals surface area contributed by atoms with E-state index in [2.05, 4.69) is 47.7 Å². The summed E-state index contributed by atoms with van der Waals surface area (Å²) in [7, 11) is 0. The van der Waals surface area contributed by atoms with Gasteiger partial charge in [0.1, 0.15) is 5.58 Å². The minimum atomic E-state index is -0.297. The predicted molar refractivity (Wildman–Crippen MR) is 106 cm³/mol. The smallest absolute Gasteiger partial charge is 0.336 e. The molecular formula is C22H22N2O2. The van der Waals surface area contributed by atoms with Crippen LogP contribution >= 0.6 is 0 Å². The van der Waals surface area contributed by atoms with Gasteiger partial charge in [0.15, 0.2) is 0 Å². The molecule has 132 valence electrons. The zero-order valence-electron chi connectivity index (χ0n) is 15.1. The van der Waals surface area contributed by atoms with Gasteiger partial charge in [0.25, 0.3) is 0 Å². The SMILES string of the molecule is Cc1cc2oc(=O)cc(CNCCc3c[nH]c4ccccc34)c2cc1C. The van der Waals surface area contributed by atoms with E-state index in [-0.39, 0.29) is 5.63 Å². The predicted octanol–water partition coefficient (Wildman–Crippen LogP) is 4.22. The number of hydrogen-bond acceptors (Lipinski definition) is 3. The lowest BCUT2D eigenvalue weighted by atomic mass is 10.0. The third-order valence-corrected chi connectivity index (χ3v) is 5.01. The van der Waals surface area contributed by atoms with E-state index in [1.165, 1.54) is 22.0 Å². The van der Waals surface area contributed by atoms with Crippen molar-refractivity contribution in [3.8, 4) is 0 Å². The van der Waals surface area contributed by atoms with E-state index in [0.717, 1.165) is 29.5 Å². The molecule has 0 saturated carbocycles. The Labute approximate surface area is 151 Å². The van der Waals surface area contributed by atoms with Crippen LogP contribution in [0.1, 0.15) is 22.3 Å². The molecule has 0 bridgehead atoms. The molecule has 2 heterocycles. The number of H-pyrrole nitrogens is 1. The number of fused-ring (bicyclic) bond motifs is 2. The second-order valence-electron chi connectivity index (χ2n) is 6.81. The number of aromatic amines is 1. The van der Waals surface area contributed by atoms with E-state index in [4.69, 9.17) is 4.42 Å². The second kappa shape index (κ2) is 6.81. The number of nitrogens with one attached hydrogen (secondary N) is 2. The highest BCUT2D eigenvalue weighted by atomic mass is 16.4. The standard InChI is InChI=1S/C22H22N2O2/c1-14-9-19-17(11-22(25)26-21(19)10-15(14)2)12-23-8-7-16-13-24-20-6-4-3-5-18(16)20/h3-6,9-11,13,23-24H,7-8,12H2,1-2H3. The zero-order valence-corrected chi connectivity index (χ0v) is 15.1. The van der Waals surface area contributed by atoms with Gasteiger partial charge in [-0.1, -0.05) is 18.2 Å². The van der Waals surface area contributed by atoms with Crippen LogP contribution in [0.5, 0.6) is 0 Å². The Morgan fingerprint density at radius 1 is 1.00 bits per heavy atom. The Hall–Kier alpha value is -2.85. The lowest BCUT2D eigenvalue weighted by Gasteiger charge is -2.09. The number of benzene rings is 2. The quantitative estimate of drug-likeness (QED) is 0.420. The normalized spacial score (nSPS) is 11.5. The van der Waals surface area contributed by atoms with Gasteiger partial charge in [0.2, 0.25) is 0 Å². The third kappa shape index (κ3) is 3.16. The van der Waals surface area contributed by atoms with E-state index >= 15 is 0 Å². The average molecular weight is 346 g/mol. The summed E-state index contributed by atoms with van der Waals surface area (Å²) >= 11 is 0. The lowest BCUT2D eigenvalue weighted by Crippen LogP contribution is -2.18. The summed E-state index contributed by atoms with van der Waals surface area (Å²) in [6.07, 6.45) is 3.01. The Balaban J connectivity index is 1.49. The molecule has 0 fully saturated rings. The van der Waals surface area contributed by atoms with E-state index in [1.54, 1.807) is 6.07 Å². The summed E-state index contributed by atoms with van der Waals surface area (Å²) in [5.74, 6) is 0. The van der Waals surface area contributed by atoms with Crippen LogP contribution in [0.2, 0.25) is 0 Å². The molecule has 26 heavy (non-hydrogen) atoms. The van der Waals surface area contributed by atoms with Crippen LogP contribution in [0.25, 0.3) is 21.9 Å². The van der Waals surface area contributed by atoms with E-state index in [0.29, 0.717) is 12.1 Å². The third-order valence-electron chi connectivity index (χ3n) is 5.01. The summed E-state index contributed by atoms with van der Waals surface area (Å²) in [6, 6.07) is 14.0. The van der Waals surface area contributed by atoms with Gasteiger partial charge in [-0.05, 0) is 67.3 Å². The molecule has 2 aromatic heterocycles. The van der Waals surface area contributed by atoms with Gasteiger partial charge in [-0.15, -0.1) is 0 Å². The minimum Gasteiger partial charge on any atom is -0.423 e. The molecule has 0 aliphatic rings. The van der Waals surface area contributed by atoms with Gasteiger partial charge in [-0.25, -0.2) is 4.79 Å². The van der Waals surface area contributed by atoms with Crippen molar-refractivity contribution in [2.75, 3.05) is 6.54 Å². The van der Waals surface area contributed by atoms with Crippen LogP contribution in [-0.4, -0.2) is 11.5 Å². The first-order valence-corrected chi connectivity index (χ1v) is 8.91. The molecule has 0 atom stereocenters. The fraction of sp³-hybridized carbons (Fsp3) is 0.227. The second-order valence-corrected chi connectivity index (χ2v) is 6.81. The fourth-order valence-electron chi connectivity index (χ4n) is 3.41. The number of aryl methyl sites for hydroxylation is 2. The van der Waals surface area contributed by atoms with Crippen molar-refractivity contribution in [1.82, 2.24) is 10.3 Å². The highest BCUT2D eigenvalue weighted by molar-refractivity contribution is 5.83. The molecule has 4 aromatic rings. The summed E-state index contributed by atoms with van der Waals surface area (Å²) < 4.78 is 5.36. The highest BCUT2D eigenvalue weighted by Crippen LogP contribution is 2.22. The molecule has 2 N–H and O–H groups in total. The number of aromatic nitrogens is 1. The minimum absolute atomic E-state index is 0.297. The van der Waals surface area contributed by atoms with Crippen molar-refractivity contribution in [3.05, 3.63) is 81.3 Å². The topological polar surface area (TPSA) is 58.0 Å².